The summed E-state index contributed by atoms with van der Waals surface area (Å²) in [5.74, 6) is -0.435. The second-order valence-electron chi connectivity index (χ2n) is 4.18. The molecule has 0 radical (unpaired) electrons. The molecule has 0 saturated carbocycles. The maximum atomic E-state index is 11.7. The number of carbonyl (C=O) groups is 1. The van der Waals surface area contributed by atoms with Crippen LogP contribution in [-0.4, -0.2) is 36.5 Å². The number of esters is 1. The molecule has 0 aliphatic heterocycles. The van der Waals surface area contributed by atoms with Crippen LogP contribution in [0.5, 0.6) is 0 Å². The van der Waals surface area contributed by atoms with Crippen molar-refractivity contribution in [3.05, 3.63) is 22.6 Å². The zero-order valence-electron chi connectivity index (χ0n) is 11.0. The highest BCUT2D eigenvalue weighted by molar-refractivity contribution is 5.69. The SMILES string of the molecule is CCCCOC(=O)Cn1ncc(N(C)C)cc1=O. The molecule has 6 nitrogen and oxygen atoms in total. The molecule has 1 rings (SSSR count). The van der Waals surface area contributed by atoms with E-state index in [1.807, 2.05) is 21.0 Å². The molecule has 0 unspecified atom stereocenters. The molecule has 0 atom stereocenters. The van der Waals surface area contributed by atoms with Gasteiger partial charge in [0.2, 0.25) is 0 Å². The lowest BCUT2D eigenvalue weighted by atomic mass is 10.4. The van der Waals surface area contributed by atoms with Crippen LogP contribution in [0.1, 0.15) is 19.8 Å². The third-order valence-electron chi connectivity index (χ3n) is 2.41. The van der Waals surface area contributed by atoms with Crippen LogP contribution in [-0.2, 0) is 16.1 Å². The van der Waals surface area contributed by atoms with Crippen LogP contribution in [0.3, 0.4) is 0 Å². The zero-order chi connectivity index (χ0) is 13.5. The molecule has 0 aromatic carbocycles. The lowest BCUT2D eigenvalue weighted by molar-refractivity contribution is -0.144. The summed E-state index contributed by atoms with van der Waals surface area (Å²) in [4.78, 5) is 24.9. The van der Waals surface area contributed by atoms with E-state index in [1.54, 1.807) is 11.1 Å². The Kier molecular flexibility index (Phi) is 5.35. The van der Waals surface area contributed by atoms with E-state index in [1.165, 1.54) is 6.07 Å². The number of ether oxygens (including phenoxy) is 1. The maximum Gasteiger partial charge on any atom is 0.327 e. The van der Waals surface area contributed by atoms with Gasteiger partial charge >= 0.3 is 5.97 Å². The Morgan fingerprint density at radius 1 is 1.50 bits per heavy atom. The quantitative estimate of drug-likeness (QED) is 0.550. The maximum absolute atomic E-state index is 11.7. The molecule has 0 saturated heterocycles. The summed E-state index contributed by atoms with van der Waals surface area (Å²) in [5, 5.41) is 3.93. The molecule has 0 aliphatic carbocycles. The highest BCUT2D eigenvalue weighted by Gasteiger charge is 2.07. The summed E-state index contributed by atoms with van der Waals surface area (Å²) >= 11 is 0. The first-order chi connectivity index (χ1) is 8.54. The average molecular weight is 253 g/mol. The monoisotopic (exact) mass is 253 g/mol. The third kappa shape index (κ3) is 4.20. The van der Waals surface area contributed by atoms with Gasteiger partial charge in [-0.2, -0.15) is 5.10 Å². The predicted molar refractivity (Wildman–Crippen MR) is 68.7 cm³/mol. The van der Waals surface area contributed by atoms with Gasteiger partial charge in [-0.15, -0.1) is 0 Å². The van der Waals surface area contributed by atoms with Gasteiger partial charge in [0, 0.05) is 20.2 Å². The van der Waals surface area contributed by atoms with Gasteiger partial charge in [-0.25, -0.2) is 4.68 Å². The molecule has 0 fully saturated rings. The second kappa shape index (κ2) is 6.78. The predicted octanol–water partition coefficient (Wildman–Crippen LogP) is 0.653. The molecule has 0 N–H and O–H groups in total. The summed E-state index contributed by atoms with van der Waals surface area (Å²) in [5.41, 5.74) is 0.393. The standard InChI is InChI=1S/C12H19N3O3/c1-4-5-6-18-12(17)9-15-11(16)7-10(8-13-15)14(2)3/h7-8H,4-6,9H2,1-3H3. The molecule has 18 heavy (non-hydrogen) atoms. The first-order valence-corrected chi connectivity index (χ1v) is 5.94. The van der Waals surface area contributed by atoms with Gasteiger partial charge in [-0.05, 0) is 6.42 Å². The van der Waals surface area contributed by atoms with Crippen LogP contribution < -0.4 is 10.5 Å². The Bertz CT molecular complexity index is 454. The number of hydrogen-bond acceptors (Lipinski definition) is 5. The molecule has 1 heterocycles. The number of carbonyl (C=O) groups excluding carboxylic acids is 1. The highest BCUT2D eigenvalue weighted by Crippen LogP contribution is 2.03. The summed E-state index contributed by atoms with van der Waals surface area (Å²) in [6.07, 6.45) is 3.33. The van der Waals surface area contributed by atoms with E-state index in [4.69, 9.17) is 4.74 Å². The fraction of sp³-hybridized carbons (Fsp3) is 0.583. The molecule has 1 aromatic rings. The molecule has 100 valence electrons. The number of nitrogens with zero attached hydrogens (tertiary/aromatic N) is 3. The van der Waals surface area contributed by atoms with E-state index in [-0.39, 0.29) is 12.1 Å². The van der Waals surface area contributed by atoms with Crippen molar-refractivity contribution in [2.45, 2.75) is 26.3 Å². The van der Waals surface area contributed by atoms with Crippen LogP contribution >= 0.6 is 0 Å². The lowest BCUT2D eigenvalue weighted by Gasteiger charge is -2.12. The van der Waals surface area contributed by atoms with E-state index in [0.29, 0.717) is 12.3 Å². The Labute approximate surface area is 106 Å². The molecular weight excluding hydrogens is 234 g/mol. The van der Waals surface area contributed by atoms with Gasteiger partial charge in [0.1, 0.15) is 6.54 Å². The molecule has 1 aromatic heterocycles. The van der Waals surface area contributed by atoms with Crippen molar-refractivity contribution in [3.8, 4) is 0 Å². The number of hydrogen-bond donors (Lipinski definition) is 0. The van der Waals surface area contributed by atoms with Gasteiger partial charge in [0.25, 0.3) is 5.56 Å². The van der Waals surface area contributed by atoms with Crippen LogP contribution in [0.2, 0.25) is 0 Å². The smallest absolute Gasteiger partial charge is 0.327 e. The van der Waals surface area contributed by atoms with Crippen molar-refractivity contribution in [1.82, 2.24) is 9.78 Å². The molecule has 0 bridgehead atoms. The van der Waals surface area contributed by atoms with Gasteiger partial charge < -0.3 is 9.64 Å². The van der Waals surface area contributed by atoms with E-state index < -0.39 is 5.97 Å². The fourth-order valence-corrected chi connectivity index (χ4v) is 1.29. The molecule has 0 aliphatic rings. The number of unbranched alkanes of at least 4 members (excludes halogenated alkanes) is 1. The normalized spacial score (nSPS) is 10.2. The molecule has 0 amide bonds. The van der Waals surface area contributed by atoms with Crippen molar-refractivity contribution < 1.29 is 9.53 Å². The van der Waals surface area contributed by atoms with Crippen LogP contribution in [0, 0.1) is 0 Å². The van der Waals surface area contributed by atoms with Crippen molar-refractivity contribution in [3.63, 3.8) is 0 Å². The largest absolute Gasteiger partial charge is 0.464 e. The van der Waals surface area contributed by atoms with Crippen molar-refractivity contribution in [1.29, 1.82) is 0 Å². The van der Waals surface area contributed by atoms with Crippen LogP contribution in [0.4, 0.5) is 5.69 Å². The summed E-state index contributed by atoms with van der Waals surface area (Å²) in [7, 11) is 3.64. The van der Waals surface area contributed by atoms with Crippen molar-refractivity contribution in [2.24, 2.45) is 0 Å². The minimum absolute atomic E-state index is 0.143. The van der Waals surface area contributed by atoms with E-state index in [2.05, 4.69) is 5.10 Å². The number of anilines is 1. The fourth-order valence-electron chi connectivity index (χ4n) is 1.29. The van der Waals surface area contributed by atoms with Gasteiger partial charge in [-0.3, -0.25) is 9.59 Å². The molecule has 0 spiro atoms. The van der Waals surface area contributed by atoms with E-state index >= 15 is 0 Å². The topological polar surface area (TPSA) is 64.4 Å². The second-order valence-corrected chi connectivity index (χ2v) is 4.18. The van der Waals surface area contributed by atoms with Gasteiger partial charge in [-0.1, -0.05) is 13.3 Å². The Hall–Kier alpha value is -1.85. The Morgan fingerprint density at radius 2 is 2.22 bits per heavy atom. The first kappa shape index (κ1) is 14.2. The first-order valence-electron chi connectivity index (χ1n) is 5.94. The Morgan fingerprint density at radius 3 is 2.78 bits per heavy atom. The summed E-state index contributed by atoms with van der Waals surface area (Å²) in [6.45, 7) is 2.26. The average Bonchev–Trinajstić information content (AvgIpc) is 2.32. The lowest BCUT2D eigenvalue weighted by Crippen LogP contribution is -2.28. The van der Waals surface area contributed by atoms with E-state index in [0.717, 1.165) is 17.5 Å². The Balaban J connectivity index is 2.62. The van der Waals surface area contributed by atoms with Crippen molar-refractivity contribution in [2.75, 3.05) is 25.6 Å². The molecule has 6 heteroatoms. The van der Waals surface area contributed by atoms with E-state index in [9.17, 15) is 9.59 Å². The van der Waals surface area contributed by atoms with Crippen molar-refractivity contribution >= 4 is 11.7 Å². The van der Waals surface area contributed by atoms with Gasteiger partial charge in [0.15, 0.2) is 0 Å². The summed E-state index contributed by atoms with van der Waals surface area (Å²) < 4.78 is 6.07. The van der Waals surface area contributed by atoms with Crippen LogP contribution in [0.25, 0.3) is 0 Å². The zero-order valence-corrected chi connectivity index (χ0v) is 11.0. The third-order valence-corrected chi connectivity index (χ3v) is 2.41. The number of aromatic nitrogens is 2. The minimum atomic E-state index is -0.435. The minimum Gasteiger partial charge on any atom is -0.464 e. The highest BCUT2D eigenvalue weighted by atomic mass is 16.5. The molecular formula is C12H19N3O3. The summed E-state index contributed by atoms with van der Waals surface area (Å²) in [6, 6.07) is 1.44. The van der Waals surface area contributed by atoms with Crippen LogP contribution in [0.15, 0.2) is 17.1 Å². The number of rotatable bonds is 6. The van der Waals surface area contributed by atoms with Gasteiger partial charge in [0.05, 0.1) is 18.5 Å².